The normalized spacial score (nSPS) is 12.3. The molecule has 0 saturated heterocycles. The van der Waals surface area contributed by atoms with Crippen LogP contribution in [0.5, 0.6) is 0 Å². The van der Waals surface area contributed by atoms with Gasteiger partial charge in [-0.2, -0.15) is 18.2 Å². The second kappa shape index (κ2) is 17.2. The Morgan fingerprint density at radius 1 is 0.414 bits per heavy atom. The molecule has 0 nitrogen and oxygen atoms in total. The molecule has 58 heavy (non-hydrogen) atoms. The van der Waals surface area contributed by atoms with Gasteiger partial charge in [-0.15, -0.1) is 39.7 Å². The Morgan fingerprint density at radius 2 is 0.759 bits per heavy atom. The molecule has 0 radical (unpaired) electrons. The molecule has 300 valence electrons. The second-order valence-electron chi connectivity index (χ2n) is 19.8. The fraction of sp³-hybridized carbons (Fsp3) is 0.291. The van der Waals surface area contributed by atoms with Gasteiger partial charge in [-0.1, -0.05) is 117 Å². The zero-order chi connectivity index (χ0) is 42.2. The van der Waals surface area contributed by atoms with E-state index in [1.165, 1.54) is 65.3 Å². The van der Waals surface area contributed by atoms with Crippen LogP contribution in [0.15, 0.2) is 146 Å². The van der Waals surface area contributed by atoms with Gasteiger partial charge in [0.2, 0.25) is 0 Å². The Labute approximate surface area is 363 Å². The summed E-state index contributed by atoms with van der Waals surface area (Å²) in [4.78, 5) is 0. The summed E-state index contributed by atoms with van der Waals surface area (Å²) in [6.07, 6.45) is 0. The molecule has 0 fully saturated rings. The standard InChI is InChI=1S/C29H41.C21H14.C5H5.2ClH.Hf/c1-26(2,3)22-14-18-13-19-15-23(27(4,5)6)25(29(10,11)12)17-21(19)20(18)16-24(22)28(7,8)9;1-3-7-20-14-16(9-11-18(20)5-1)13-17-10-12-19-6-2-4-8-21(19)15-17;1-2-4-5-3-1;;;/h13-17H,1-12H3;1-12,14-15H;1-5H;2*1H;/q-1;;-1;;;+2/p-2. The minimum absolute atomic E-state index is 0.124. The number of rotatable bonds is 2. The van der Waals surface area contributed by atoms with Gasteiger partial charge in [0, 0.05) is 0 Å². The number of hydrogen-bond acceptors (Lipinski definition) is 0. The van der Waals surface area contributed by atoms with E-state index in [2.05, 4.69) is 198 Å². The Balaban J connectivity index is 0.000000176. The Bertz CT molecular complexity index is 2520. The first-order valence-corrected chi connectivity index (χ1v) is 31.3. The molecular weight excluding hydrogens is 910 g/mol. The van der Waals surface area contributed by atoms with E-state index in [1.807, 2.05) is 30.3 Å². The van der Waals surface area contributed by atoms with Crippen molar-refractivity contribution >= 4 is 63.5 Å². The van der Waals surface area contributed by atoms with Crippen LogP contribution in [0.2, 0.25) is 0 Å². The van der Waals surface area contributed by atoms with Gasteiger partial charge in [0.25, 0.3) is 0 Å². The molecule has 0 spiro atoms. The second-order valence-corrected chi connectivity index (χ2v) is 31.3. The van der Waals surface area contributed by atoms with Crippen molar-refractivity contribution in [2.45, 2.75) is 105 Å². The molecule has 0 saturated carbocycles. The van der Waals surface area contributed by atoms with Crippen molar-refractivity contribution < 1.29 is 18.6 Å². The Hall–Kier alpha value is -3.62. The fourth-order valence-corrected chi connectivity index (χ4v) is 14.2. The molecule has 0 heterocycles. The molecule has 0 aromatic heterocycles. The topological polar surface area (TPSA) is 0 Å². The quantitative estimate of drug-likeness (QED) is 0.120. The van der Waals surface area contributed by atoms with Crippen LogP contribution in [0.1, 0.15) is 116 Å². The van der Waals surface area contributed by atoms with E-state index in [0.717, 1.165) is 14.4 Å². The first kappa shape index (κ1) is 43.9. The van der Waals surface area contributed by atoms with Crippen LogP contribution < -0.4 is 0 Å². The van der Waals surface area contributed by atoms with Gasteiger partial charge in [-0.05, 0) is 21.7 Å². The van der Waals surface area contributed by atoms with Gasteiger partial charge in [0.1, 0.15) is 0 Å². The third-order valence-electron chi connectivity index (χ3n) is 11.0. The molecule has 0 atom stereocenters. The first-order chi connectivity index (χ1) is 27.1. The van der Waals surface area contributed by atoms with Crippen molar-refractivity contribution in [3.05, 3.63) is 179 Å². The van der Waals surface area contributed by atoms with Crippen molar-refractivity contribution in [2.75, 3.05) is 0 Å². The molecule has 0 bridgehead atoms. The number of benzene rings is 6. The molecule has 0 aliphatic rings. The van der Waals surface area contributed by atoms with Crippen molar-refractivity contribution in [3.63, 3.8) is 0 Å². The molecule has 0 unspecified atom stereocenters. The van der Waals surface area contributed by atoms with Crippen molar-refractivity contribution in [1.29, 1.82) is 0 Å². The summed E-state index contributed by atoms with van der Waals surface area (Å²) in [5.74, 6) is 0. The van der Waals surface area contributed by atoms with Crippen LogP contribution in [0.3, 0.4) is 0 Å². The molecule has 8 rings (SSSR count). The Kier molecular flexibility index (Phi) is 13.0. The predicted molar refractivity (Wildman–Crippen MR) is 257 cm³/mol. The van der Waals surface area contributed by atoms with Crippen molar-refractivity contribution in [3.8, 4) is 0 Å². The van der Waals surface area contributed by atoms with Crippen LogP contribution in [0.4, 0.5) is 0 Å². The zero-order valence-electron chi connectivity index (χ0n) is 36.6. The SMILES string of the molecule is CC(C)(C)c1cc2[cH-]c3cc(C(C)(C)C)c(C(C)(C)C)cc3c2cc1C(C)(C)C.[Cl][Hf]([Cl])=[C](c1ccc2ccccc2c1)c1ccc2ccccc2c1.c1cc[cH-]c1. The van der Waals surface area contributed by atoms with Gasteiger partial charge < -0.3 is 0 Å². The maximum atomic E-state index is 6.56. The summed E-state index contributed by atoms with van der Waals surface area (Å²) in [6.45, 7) is 28.0. The van der Waals surface area contributed by atoms with Crippen LogP contribution in [0.25, 0.3) is 43.1 Å². The summed E-state index contributed by atoms with van der Waals surface area (Å²) in [5.41, 5.74) is 8.70. The van der Waals surface area contributed by atoms with Gasteiger partial charge in [0.15, 0.2) is 0 Å². The van der Waals surface area contributed by atoms with E-state index in [-0.39, 0.29) is 21.7 Å². The maximum Gasteiger partial charge on any atom is -0.172 e. The van der Waals surface area contributed by atoms with Gasteiger partial charge in [-0.25, -0.2) is 12.1 Å². The third kappa shape index (κ3) is 10.0. The van der Waals surface area contributed by atoms with E-state index in [0.29, 0.717) is 0 Å². The summed E-state index contributed by atoms with van der Waals surface area (Å²) >= 11 is -2.81. The largest absolute Gasteiger partial charge is 0.214 e. The number of fused-ring (bicyclic) bond motifs is 5. The molecule has 0 N–H and O–H groups in total. The molecule has 0 aliphatic heterocycles. The molecule has 0 aliphatic carbocycles. The van der Waals surface area contributed by atoms with Crippen LogP contribution in [-0.4, -0.2) is 3.26 Å². The molecule has 3 heteroatoms. The van der Waals surface area contributed by atoms with E-state index in [4.69, 9.17) is 17.2 Å². The van der Waals surface area contributed by atoms with E-state index in [9.17, 15) is 0 Å². The number of hydrogen-bond donors (Lipinski definition) is 0. The van der Waals surface area contributed by atoms with Crippen LogP contribution in [-0.2, 0) is 40.2 Å². The van der Waals surface area contributed by atoms with Crippen LogP contribution in [0, 0.1) is 0 Å². The number of halogens is 2. The van der Waals surface area contributed by atoms with E-state index in [1.54, 1.807) is 0 Å². The van der Waals surface area contributed by atoms with Crippen molar-refractivity contribution in [2.24, 2.45) is 0 Å². The Morgan fingerprint density at radius 3 is 1.07 bits per heavy atom. The van der Waals surface area contributed by atoms with Gasteiger partial charge >= 0.3 is 157 Å². The average Bonchev–Trinajstić information content (AvgIpc) is 3.85. The summed E-state index contributed by atoms with van der Waals surface area (Å²) in [5, 5.41) is 10.5. The summed E-state index contributed by atoms with van der Waals surface area (Å²) < 4.78 is 1.15. The third-order valence-corrected chi connectivity index (χ3v) is 17.6. The van der Waals surface area contributed by atoms with Gasteiger partial charge in [0.05, 0.1) is 0 Å². The van der Waals surface area contributed by atoms with E-state index >= 15 is 0 Å². The summed E-state index contributed by atoms with van der Waals surface area (Å²) in [6, 6.07) is 52.0. The minimum atomic E-state index is -2.81. The van der Waals surface area contributed by atoms with E-state index < -0.39 is 18.6 Å². The minimum Gasteiger partial charge on any atom is -0.214 e. The molecule has 8 aromatic rings. The monoisotopic (exact) mass is 970 g/mol. The van der Waals surface area contributed by atoms with Crippen LogP contribution >= 0.6 is 17.2 Å². The smallest absolute Gasteiger partial charge is 0.172 e. The predicted octanol–water partition coefficient (Wildman–Crippen LogP) is 16.8. The summed E-state index contributed by atoms with van der Waals surface area (Å²) in [7, 11) is 13.1. The maximum absolute atomic E-state index is 6.56. The molecular formula is C55H60Cl2Hf-2. The van der Waals surface area contributed by atoms with Gasteiger partial charge in [-0.3, -0.25) is 0 Å². The molecule has 0 amide bonds. The zero-order valence-corrected chi connectivity index (χ0v) is 41.7. The molecule has 8 aromatic carbocycles. The van der Waals surface area contributed by atoms with Crippen molar-refractivity contribution in [1.82, 2.24) is 0 Å². The average molecular weight is 970 g/mol. The fourth-order valence-electron chi connectivity index (χ4n) is 7.98. The first-order valence-electron chi connectivity index (χ1n) is 20.6.